The van der Waals surface area contributed by atoms with E-state index in [-0.39, 0.29) is 5.97 Å². The second kappa shape index (κ2) is 20.5. The van der Waals surface area contributed by atoms with Gasteiger partial charge in [0.2, 0.25) is 0 Å². The highest BCUT2D eigenvalue weighted by Gasteiger charge is 1.97. The Morgan fingerprint density at radius 2 is 1.16 bits per heavy atom. The Labute approximate surface area is 155 Å². The Hall–Kier alpha value is -1.57. The van der Waals surface area contributed by atoms with Crippen LogP contribution in [0.25, 0.3) is 0 Å². The van der Waals surface area contributed by atoms with Crippen molar-refractivity contribution in [1.29, 1.82) is 0 Å². The highest BCUT2D eigenvalue weighted by Crippen LogP contribution is 2.05. The number of unbranched alkanes of at least 4 members (excludes halogenated alkanes) is 6. The average molecular weight is 347 g/mol. The Morgan fingerprint density at radius 3 is 1.64 bits per heavy atom. The van der Waals surface area contributed by atoms with E-state index in [2.05, 4.69) is 60.3 Å². The van der Waals surface area contributed by atoms with Crippen molar-refractivity contribution in [2.75, 3.05) is 7.11 Å². The van der Waals surface area contributed by atoms with Gasteiger partial charge in [0.15, 0.2) is 0 Å². The Morgan fingerprint density at radius 1 is 0.680 bits per heavy atom. The Bertz CT molecular complexity index is 402. The van der Waals surface area contributed by atoms with Crippen molar-refractivity contribution in [2.45, 2.75) is 84.0 Å². The van der Waals surface area contributed by atoms with Crippen molar-refractivity contribution < 1.29 is 9.53 Å². The molecule has 0 aromatic rings. The summed E-state index contributed by atoms with van der Waals surface area (Å²) in [4.78, 5) is 10.9. The van der Waals surface area contributed by atoms with Gasteiger partial charge >= 0.3 is 5.97 Å². The minimum atomic E-state index is -0.0993. The first-order valence-corrected chi connectivity index (χ1v) is 9.98. The van der Waals surface area contributed by atoms with Crippen molar-refractivity contribution >= 4 is 5.97 Å². The summed E-state index contributed by atoms with van der Waals surface area (Å²) in [6.45, 7) is 2.24. The SMILES string of the molecule is CCCCC/C=C/C/C=C/C/C=C/CC=CCCCCCC(=O)OC. The van der Waals surface area contributed by atoms with Crippen molar-refractivity contribution in [1.82, 2.24) is 0 Å². The smallest absolute Gasteiger partial charge is 0.305 e. The molecule has 0 N–H and O–H groups in total. The number of rotatable bonds is 16. The maximum atomic E-state index is 10.9. The van der Waals surface area contributed by atoms with Crippen molar-refractivity contribution in [2.24, 2.45) is 0 Å². The van der Waals surface area contributed by atoms with Gasteiger partial charge in [0.05, 0.1) is 7.11 Å². The van der Waals surface area contributed by atoms with Gasteiger partial charge < -0.3 is 4.74 Å². The summed E-state index contributed by atoms with van der Waals surface area (Å²) in [5.74, 6) is -0.0993. The molecule has 0 radical (unpaired) electrons. The molecule has 0 amide bonds. The topological polar surface area (TPSA) is 26.3 Å². The first-order valence-electron chi connectivity index (χ1n) is 9.98. The number of hydrogen-bond donors (Lipinski definition) is 0. The number of allylic oxidation sites excluding steroid dienone is 8. The molecule has 0 unspecified atom stereocenters. The standard InChI is InChI=1S/C23H38O2/c1-3-4-5-6-7-8-9-10-11-12-13-14-15-16-17-18-19-20-21-22-23(24)25-2/h7-8,10-11,13-14,16-17H,3-6,9,12,15,18-22H2,1-2H3/b8-7+,11-10+,14-13+,17-16?. The van der Waals surface area contributed by atoms with Gasteiger partial charge in [-0.2, -0.15) is 0 Å². The third-order valence-electron chi connectivity index (χ3n) is 3.94. The lowest BCUT2D eigenvalue weighted by atomic mass is 10.1. The molecule has 142 valence electrons. The van der Waals surface area contributed by atoms with Crippen LogP contribution in [0, 0.1) is 0 Å². The first-order chi connectivity index (χ1) is 12.3. The van der Waals surface area contributed by atoms with E-state index in [1.54, 1.807) is 0 Å². The van der Waals surface area contributed by atoms with E-state index in [0.717, 1.165) is 44.9 Å². The van der Waals surface area contributed by atoms with Crippen LogP contribution in [0.3, 0.4) is 0 Å². The van der Waals surface area contributed by atoms with Gasteiger partial charge in [-0.15, -0.1) is 0 Å². The molecule has 0 saturated carbocycles. The molecule has 0 aliphatic heterocycles. The van der Waals surface area contributed by atoms with Gasteiger partial charge in [0, 0.05) is 6.42 Å². The number of ether oxygens (including phenoxy) is 1. The second-order valence-electron chi connectivity index (χ2n) is 6.26. The van der Waals surface area contributed by atoms with E-state index in [0.29, 0.717) is 6.42 Å². The first kappa shape index (κ1) is 23.4. The molecule has 0 fully saturated rings. The summed E-state index contributed by atoms with van der Waals surface area (Å²) in [7, 11) is 1.45. The molecule has 0 aliphatic carbocycles. The van der Waals surface area contributed by atoms with Crippen molar-refractivity contribution in [3.05, 3.63) is 48.6 Å². The van der Waals surface area contributed by atoms with Crippen molar-refractivity contribution in [3.63, 3.8) is 0 Å². The number of carbonyl (C=O) groups excluding carboxylic acids is 1. The third kappa shape index (κ3) is 20.4. The summed E-state index contributed by atoms with van der Waals surface area (Å²) in [5, 5.41) is 0. The minimum Gasteiger partial charge on any atom is -0.469 e. The van der Waals surface area contributed by atoms with Crippen molar-refractivity contribution in [3.8, 4) is 0 Å². The molecule has 0 atom stereocenters. The average Bonchev–Trinajstić information content (AvgIpc) is 2.63. The lowest BCUT2D eigenvalue weighted by Crippen LogP contribution is -1.98. The fourth-order valence-corrected chi connectivity index (χ4v) is 2.37. The number of esters is 1. The quantitative estimate of drug-likeness (QED) is 0.169. The molecule has 0 spiro atoms. The normalized spacial score (nSPS) is 12.2. The summed E-state index contributed by atoms with van der Waals surface area (Å²) < 4.78 is 4.62. The molecule has 0 rings (SSSR count). The zero-order valence-corrected chi connectivity index (χ0v) is 16.4. The van der Waals surface area contributed by atoms with Crippen LogP contribution in [0.4, 0.5) is 0 Å². The van der Waals surface area contributed by atoms with E-state index in [1.807, 2.05) is 0 Å². The van der Waals surface area contributed by atoms with E-state index in [1.165, 1.54) is 32.8 Å². The molecular formula is C23H38O2. The third-order valence-corrected chi connectivity index (χ3v) is 3.94. The molecule has 0 saturated heterocycles. The Kier molecular flexibility index (Phi) is 19.2. The van der Waals surface area contributed by atoms with Gasteiger partial charge in [-0.05, 0) is 51.4 Å². The molecule has 0 heterocycles. The van der Waals surface area contributed by atoms with Crippen LogP contribution in [0.1, 0.15) is 84.0 Å². The van der Waals surface area contributed by atoms with Gasteiger partial charge in [0.1, 0.15) is 0 Å². The molecule has 0 bridgehead atoms. The monoisotopic (exact) mass is 346 g/mol. The maximum absolute atomic E-state index is 10.9. The molecular weight excluding hydrogens is 308 g/mol. The van der Waals surface area contributed by atoms with Gasteiger partial charge in [-0.1, -0.05) is 74.8 Å². The van der Waals surface area contributed by atoms with E-state index >= 15 is 0 Å². The summed E-state index contributed by atoms with van der Waals surface area (Å²) in [6.07, 6.45) is 31.0. The molecule has 0 aromatic carbocycles. The van der Waals surface area contributed by atoms with Crippen LogP contribution in [0.15, 0.2) is 48.6 Å². The Balaban J connectivity index is 3.39. The molecule has 0 aliphatic rings. The lowest BCUT2D eigenvalue weighted by molar-refractivity contribution is -0.140. The molecule has 2 heteroatoms. The van der Waals surface area contributed by atoms with E-state index in [9.17, 15) is 4.79 Å². The zero-order valence-electron chi connectivity index (χ0n) is 16.4. The number of carbonyl (C=O) groups is 1. The highest BCUT2D eigenvalue weighted by atomic mass is 16.5. The maximum Gasteiger partial charge on any atom is 0.305 e. The summed E-state index contributed by atoms with van der Waals surface area (Å²) in [5.41, 5.74) is 0. The highest BCUT2D eigenvalue weighted by molar-refractivity contribution is 5.68. The lowest BCUT2D eigenvalue weighted by Gasteiger charge is -1.98. The van der Waals surface area contributed by atoms with Crippen LogP contribution in [-0.2, 0) is 9.53 Å². The number of hydrogen-bond acceptors (Lipinski definition) is 2. The predicted molar refractivity (Wildman–Crippen MR) is 110 cm³/mol. The zero-order chi connectivity index (χ0) is 18.4. The summed E-state index contributed by atoms with van der Waals surface area (Å²) >= 11 is 0. The predicted octanol–water partition coefficient (Wildman–Crippen LogP) is 7.09. The van der Waals surface area contributed by atoms with Crippen LogP contribution in [0.5, 0.6) is 0 Å². The molecule has 25 heavy (non-hydrogen) atoms. The van der Waals surface area contributed by atoms with Crippen LogP contribution >= 0.6 is 0 Å². The van der Waals surface area contributed by atoms with E-state index < -0.39 is 0 Å². The van der Waals surface area contributed by atoms with Gasteiger partial charge in [0.25, 0.3) is 0 Å². The van der Waals surface area contributed by atoms with Crippen LogP contribution < -0.4 is 0 Å². The molecule has 0 aromatic heterocycles. The van der Waals surface area contributed by atoms with Gasteiger partial charge in [-0.25, -0.2) is 0 Å². The summed E-state index contributed by atoms with van der Waals surface area (Å²) in [6, 6.07) is 0. The minimum absolute atomic E-state index is 0.0993. The second-order valence-corrected chi connectivity index (χ2v) is 6.26. The largest absolute Gasteiger partial charge is 0.469 e. The van der Waals surface area contributed by atoms with Crippen LogP contribution in [0.2, 0.25) is 0 Å². The number of methoxy groups -OCH3 is 1. The van der Waals surface area contributed by atoms with E-state index in [4.69, 9.17) is 0 Å². The van der Waals surface area contributed by atoms with Crippen LogP contribution in [-0.4, -0.2) is 13.1 Å². The fraction of sp³-hybridized carbons (Fsp3) is 0.609. The molecule has 2 nitrogen and oxygen atoms in total. The fourth-order valence-electron chi connectivity index (χ4n) is 2.37. The van der Waals surface area contributed by atoms with Gasteiger partial charge in [-0.3, -0.25) is 4.79 Å².